The molecule has 0 aromatic heterocycles. The fraction of sp³-hybridized carbons (Fsp3) is 0.409. The molecule has 1 atom stereocenters. The van der Waals surface area contributed by atoms with Crippen LogP contribution in [-0.2, 0) is 4.74 Å². The van der Waals surface area contributed by atoms with Crippen molar-refractivity contribution in [3.05, 3.63) is 59.7 Å². The van der Waals surface area contributed by atoms with Gasteiger partial charge in [0, 0.05) is 18.5 Å². The molecule has 0 heterocycles. The van der Waals surface area contributed by atoms with Crippen molar-refractivity contribution < 1.29 is 9.53 Å². The summed E-state index contributed by atoms with van der Waals surface area (Å²) in [7, 11) is 1.90. The highest BCUT2D eigenvalue weighted by atomic mass is 16.5. The number of nitrogens with one attached hydrogen (secondary N) is 2. The zero-order valence-electron chi connectivity index (χ0n) is 15.8. The lowest BCUT2D eigenvalue weighted by molar-refractivity contribution is 0.137. The summed E-state index contributed by atoms with van der Waals surface area (Å²) in [5.41, 5.74) is 4.95. The quantitative estimate of drug-likeness (QED) is 0.787. The molecule has 0 radical (unpaired) electrons. The second-order valence-electron chi connectivity index (χ2n) is 7.35. The van der Waals surface area contributed by atoms with E-state index >= 15 is 0 Å². The molecule has 0 unspecified atom stereocenters. The molecular weight excluding hydrogens is 324 g/mol. The number of hydrogen-bond acceptors (Lipinski definition) is 3. The fourth-order valence-electron chi connectivity index (χ4n) is 3.82. The molecule has 3 rings (SSSR count). The number of hydrogen-bond donors (Lipinski definition) is 2. The van der Waals surface area contributed by atoms with Crippen molar-refractivity contribution in [2.75, 3.05) is 20.2 Å². The molecule has 1 aliphatic rings. The smallest absolute Gasteiger partial charge is 0.407 e. The first-order chi connectivity index (χ1) is 12.6. The lowest BCUT2D eigenvalue weighted by atomic mass is 9.98. The van der Waals surface area contributed by atoms with Crippen LogP contribution in [0.2, 0.25) is 0 Å². The van der Waals surface area contributed by atoms with Gasteiger partial charge in [-0.05, 0) is 41.6 Å². The van der Waals surface area contributed by atoms with E-state index in [0.29, 0.717) is 12.5 Å². The molecule has 4 heteroatoms. The topological polar surface area (TPSA) is 50.4 Å². The summed E-state index contributed by atoms with van der Waals surface area (Å²) in [5.74, 6) is 0.614. The molecule has 4 nitrogen and oxygen atoms in total. The van der Waals surface area contributed by atoms with Gasteiger partial charge in [-0.3, -0.25) is 0 Å². The molecule has 26 heavy (non-hydrogen) atoms. The van der Waals surface area contributed by atoms with E-state index < -0.39 is 0 Å². The van der Waals surface area contributed by atoms with Crippen LogP contribution in [0.4, 0.5) is 4.79 Å². The minimum Gasteiger partial charge on any atom is -0.449 e. The van der Waals surface area contributed by atoms with Crippen molar-refractivity contribution in [1.82, 2.24) is 10.6 Å². The number of ether oxygens (including phenoxy) is 1. The maximum absolute atomic E-state index is 12.3. The molecule has 2 N–H and O–H groups in total. The Balaban J connectivity index is 1.67. The molecule has 2 aromatic rings. The summed E-state index contributed by atoms with van der Waals surface area (Å²) in [6.07, 6.45) is 0.582. The summed E-state index contributed by atoms with van der Waals surface area (Å²) in [6, 6.07) is 16.8. The van der Waals surface area contributed by atoms with Gasteiger partial charge in [0.25, 0.3) is 0 Å². The highest BCUT2D eigenvalue weighted by Crippen LogP contribution is 2.44. The summed E-state index contributed by atoms with van der Waals surface area (Å²) < 4.78 is 5.62. The van der Waals surface area contributed by atoms with Gasteiger partial charge in [-0.15, -0.1) is 0 Å². The van der Waals surface area contributed by atoms with Crippen LogP contribution in [0.5, 0.6) is 0 Å². The lowest BCUT2D eigenvalue weighted by Crippen LogP contribution is -2.42. The van der Waals surface area contributed by atoms with Gasteiger partial charge in [0.05, 0.1) is 0 Å². The zero-order chi connectivity index (χ0) is 18.5. The van der Waals surface area contributed by atoms with E-state index in [1.807, 2.05) is 19.2 Å². The van der Waals surface area contributed by atoms with Crippen LogP contribution >= 0.6 is 0 Å². The van der Waals surface area contributed by atoms with E-state index in [-0.39, 0.29) is 18.1 Å². The van der Waals surface area contributed by atoms with E-state index in [1.165, 1.54) is 22.3 Å². The summed E-state index contributed by atoms with van der Waals surface area (Å²) >= 11 is 0. The largest absolute Gasteiger partial charge is 0.449 e. The summed E-state index contributed by atoms with van der Waals surface area (Å²) in [6.45, 7) is 5.40. The van der Waals surface area contributed by atoms with E-state index in [4.69, 9.17) is 4.74 Å². The Hall–Kier alpha value is -2.33. The molecule has 0 aliphatic heterocycles. The number of fused-ring (bicyclic) bond motifs is 3. The van der Waals surface area contributed by atoms with Gasteiger partial charge in [-0.2, -0.15) is 0 Å². The van der Waals surface area contributed by atoms with Crippen LogP contribution < -0.4 is 10.6 Å². The molecular formula is C22H28N2O2. The predicted octanol–water partition coefficient (Wildman–Crippen LogP) is 4.16. The van der Waals surface area contributed by atoms with E-state index in [2.05, 4.69) is 60.9 Å². The zero-order valence-corrected chi connectivity index (χ0v) is 15.8. The van der Waals surface area contributed by atoms with Gasteiger partial charge in [-0.1, -0.05) is 62.4 Å². The average Bonchev–Trinajstić information content (AvgIpc) is 2.94. The van der Waals surface area contributed by atoms with Crippen LogP contribution in [0.1, 0.15) is 37.3 Å². The van der Waals surface area contributed by atoms with Crippen molar-refractivity contribution >= 4 is 6.09 Å². The second kappa shape index (κ2) is 8.37. The highest BCUT2D eigenvalue weighted by molar-refractivity contribution is 5.79. The Morgan fingerprint density at radius 3 is 2.15 bits per heavy atom. The number of likely N-dealkylation sites (N-methyl/N-ethyl adjacent to an activating group) is 1. The summed E-state index contributed by atoms with van der Waals surface area (Å²) in [4.78, 5) is 12.3. The number of rotatable bonds is 7. The standard InChI is InChI=1S/C22H28N2O2/c1-15(2)12-16(13-23-3)24-22(25)26-14-21-19-10-6-4-8-17(19)18-9-5-7-11-20(18)21/h4-11,15-16,21,23H,12-14H2,1-3H3,(H,24,25)/t16-/m0/s1. The molecule has 0 saturated heterocycles. The maximum atomic E-state index is 12.3. The molecule has 0 fully saturated rings. The molecule has 0 bridgehead atoms. The average molecular weight is 352 g/mol. The van der Waals surface area contributed by atoms with Gasteiger partial charge in [-0.25, -0.2) is 4.79 Å². The molecule has 1 aliphatic carbocycles. The van der Waals surface area contributed by atoms with Crippen LogP contribution in [0.25, 0.3) is 11.1 Å². The Morgan fingerprint density at radius 1 is 1.04 bits per heavy atom. The molecule has 0 spiro atoms. The lowest BCUT2D eigenvalue weighted by Gasteiger charge is -2.21. The Morgan fingerprint density at radius 2 is 1.62 bits per heavy atom. The van der Waals surface area contributed by atoms with Crippen LogP contribution in [0, 0.1) is 5.92 Å². The molecule has 138 valence electrons. The monoisotopic (exact) mass is 352 g/mol. The highest BCUT2D eigenvalue weighted by Gasteiger charge is 2.29. The number of carbonyl (C=O) groups is 1. The van der Waals surface area contributed by atoms with Crippen molar-refractivity contribution in [2.45, 2.75) is 32.2 Å². The van der Waals surface area contributed by atoms with Gasteiger partial charge in [0.1, 0.15) is 6.61 Å². The SMILES string of the molecule is CNC[C@H](CC(C)C)NC(=O)OCC1c2ccccc2-c2ccccc21. The Bertz CT molecular complexity index is 712. The Labute approximate surface area is 156 Å². The number of alkyl carbamates (subject to hydrolysis) is 1. The number of amides is 1. The summed E-state index contributed by atoms with van der Waals surface area (Å²) in [5, 5.41) is 6.13. The van der Waals surface area contributed by atoms with E-state index in [9.17, 15) is 4.79 Å². The fourth-order valence-corrected chi connectivity index (χ4v) is 3.82. The normalized spacial score (nSPS) is 14.0. The van der Waals surface area contributed by atoms with Gasteiger partial charge < -0.3 is 15.4 Å². The number of carbonyl (C=O) groups excluding carboxylic acids is 1. The first-order valence-corrected chi connectivity index (χ1v) is 9.36. The maximum Gasteiger partial charge on any atom is 0.407 e. The second-order valence-corrected chi connectivity index (χ2v) is 7.35. The third-order valence-corrected chi connectivity index (χ3v) is 4.87. The Kier molecular flexibility index (Phi) is 5.94. The van der Waals surface area contributed by atoms with Crippen molar-refractivity contribution in [1.29, 1.82) is 0 Å². The van der Waals surface area contributed by atoms with Crippen molar-refractivity contribution in [2.24, 2.45) is 5.92 Å². The van der Waals surface area contributed by atoms with Crippen molar-refractivity contribution in [3.8, 4) is 11.1 Å². The van der Waals surface area contributed by atoms with Crippen LogP contribution in [0.3, 0.4) is 0 Å². The minimum atomic E-state index is -0.340. The molecule has 1 amide bonds. The van der Waals surface area contributed by atoms with Crippen LogP contribution in [0.15, 0.2) is 48.5 Å². The first-order valence-electron chi connectivity index (χ1n) is 9.36. The molecule has 0 saturated carbocycles. The predicted molar refractivity (Wildman–Crippen MR) is 105 cm³/mol. The van der Waals surface area contributed by atoms with Crippen LogP contribution in [-0.4, -0.2) is 32.3 Å². The number of benzene rings is 2. The van der Waals surface area contributed by atoms with E-state index in [0.717, 1.165) is 13.0 Å². The van der Waals surface area contributed by atoms with Crippen molar-refractivity contribution in [3.63, 3.8) is 0 Å². The minimum absolute atomic E-state index is 0.0793. The van der Waals surface area contributed by atoms with Gasteiger partial charge in [0.2, 0.25) is 0 Å². The third-order valence-electron chi connectivity index (χ3n) is 4.87. The van der Waals surface area contributed by atoms with E-state index in [1.54, 1.807) is 0 Å². The van der Waals surface area contributed by atoms with Gasteiger partial charge in [0.15, 0.2) is 0 Å². The first kappa shape index (κ1) is 18.5. The third kappa shape index (κ3) is 4.07. The van der Waals surface area contributed by atoms with Gasteiger partial charge >= 0.3 is 6.09 Å². The molecule has 2 aromatic carbocycles.